The van der Waals surface area contributed by atoms with Crippen molar-refractivity contribution in [2.45, 2.75) is 25.3 Å². The lowest BCUT2D eigenvalue weighted by Crippen LogP contribution is -2.28. The number of rotatable bonds is 1. The lowest BCUT2D eigenvalue weighted by Gasteiger charge is -2.22. The predicted octanol–water partition coefficient (Wildman–Crippen LogP) is 2.44. The summed E-state index contributed by atoms with van der Waals surface area (Å²) in [7, 11) is 0. The van der Waals surface area contributed by atoms with Gasteiger partial charge in [0.2, 0.25) is 0 Å². The number of piperidine rings is 1. The maximum atomic E-state index is 4.63. The summed E-state index contributed by atoms with van der Waals surface area (Å²) in [6.07, 6.45) is 5.62. The van der Waals surface area contributed by atoms with E-state index in [2.05, 4.69) is 15.3 Å². The fourth-order valence-electron chi connectivity index (χ4n) is 2.23. The van der Waals surface area contributed by atoms with Crippen LogP contribution in [0.5, 0.6) is 0 Å². The van der Waals surface area contributed by atoms with Gasteiger partial charge in [-0.25, -0.2) is 9.97 Å². The molecule has 0 radical (unpaired) electrons. The van der Waals surface area contributed by atoms with Crippen LogP contribution in [0, 0.1) is 0 Å². The van der Waals surface area contributed by atoms with Crippen LogP contribution >= 0.6 is 0 Å². The molecular weight excluding hydrogens is 198 g/mol. The number of hydrogen-bond donors (Lipinski definition) is 1. The first-order chi connectivity index (χ1) is 7.93. The lowest BCUT2D eigenvalue weighted by atomic mass is 10.0. The number of fused-ring (bicyclic) bond motifs is 1. The molecule has 2 aromatic rings. The Labute approximate surface area is 94.9 Å². The van der Waals surface area contributed by atoms with Gasteiger partial charge < -0.3 is 5.32 Å². The molecule has 3 rings (SSSR count). The molecule has 1 aromatic carbocycles. The summed E-state index contributed by atoms with van der Waals surface area (Å²) < 4.78 is 0. The third kappa shape index (κ3) is 1.78. The molecule has 1 atom stereocenters. The number of benzene rings is 1. The number of para-hydroxylation sites is 1. The van der Waals surface area contributed by atoms with Crippen LogP contribution in [-0.2, 0) is 0 Å². The molecule has 1 N–H and O–H groups in total. The molecule has 1 aromatic heterocycles. The van der Waals surface area contributed by atoms with Crippen LogP contribution in [0.1, 0.15) is 31.1 Å². The van der Waals surface area contributed by atoms with Crippen molar-refractivity contribution in [3.05, 3.63) is 36.3 Å². The van der Waals surface area contributed by atoms with Crippen LogP contribution in [0.25, 0.3) is 10.9 Å². The highest BCUT2D eigenvalue weighted by Crippen LogP contribution is 2.21. The van der Waals surface area contributed by atoms with E-state index in [1.165, 1.54) is 12.8 Å². The summed E-state index contributed by atoms with van der Waals surface area (Å²) in [4.78, 5) is 9.08. The van der Waals surface area contributed by atoms with E-state index in [9.17, 15) is 0 Å². The first kappa shape index (κ1) is 9.73. The normalized spacial score (nSPS) is 21.1. The van der Waals surface area contributed by atoms with Crippen LogP contribution in [0.3, 0.4) is 0 Å². The van der Waals surface area contributed by atoms with Crippen molar-refractivity contribution in [1.82, 2.24) is 15.3 Å². The van der Waals surface area contributed by atoms with Gasteiger partial charge in [0.25, 0.3) is 0 Å². The van der Waals surface area contributed by atoms with Crippen LogP contribution in [0.15, 0.2) is 30.5 Å². The minimum atomic E-state index is 0.346. The average Bonchev–Trinajstić information content (AvgIpc) is 2.39. The van der Waals surface area contributed by atoms with Gasteiger partial charge in [-0.05, 0) is 25.5 Å². The zero-order valence-corrected chi connectivity index (χ0v) is 9.19. The van der Waals surface area contributed by atoms with E-state index in [1.807, 2.05) is 30.5 Å². The Bertz CT molecular complexity index is 489. The van der Waals surface area contributed by atoms with E-state index in [0.29, 0.717) is 6.04 Å². The Hall–Kier alpha value is -1.48. The molecule has 1 fully saturated rings. The first-order valence-corrected chi connectivity index (χ1v) is 5.88. The molecule has 3 heteroatoms. The molecule has 0 aliphatic carbocycles. The molecule has 0 bridgehead atoms. The van der Waals surface area contributed by atoms with E-state index in [-0.39, 0.29) is 0 Å². The Morgan fingerprint density at radius 1 is 1.19 bits per heavy atom. The van der Waals surface area contributed by atoms with Gasteiger partial charge in [-0.15, -0.1) is 0 Å². The van der Waals surface area contributed by atoms with Crippen molar-refractivity contribution < 1.29 is 0 Å². The Morgan fingerprint density at radius 3 is 3.00 bits per heavy atom. The first-order valence-electron chi connectivity index (χ1n) is 5.88. The second kappa shape index (κ2) is 4.18. The summed E-state index contributed by atoms with van der Waals surface area (Å²) in [6, 6.07) is 8.48. The maximum absolute atomic E-state index is 4.63. The number of nitrogens with zero attached hydrogens (tertiary/aromatic N) is 2. The summed E-state index contributed by atoms with van der Waals surface area (Å²) in [5, 5.41) is 4.59. The largest absolute Gasteiger partial charge is 0.307 e. The topological polar surface area (TPSA) is 37.8 Å². The molecule has 1 aliphatic rings. The third-order valence-corrected chi connectivity index (χ3v) is 3.13. The molecule has 3 nitrogen and oxygen atoms in total. The molecule has 1 aliphatic heterocycles. The molecular formula is C13H15N3. The summed E-state index contributed by atoms with van der Waals surface area (Å²) in [6.45, 7) is 1.08. The van der Waals surface area contributed by atoms with Crippen molar-refractivity contribution in [2.24, 2.45) is 0 Å². The number of aromatic nitrogens is 2. The van der Waals surface area contributed by atoms with Crippen molar-refractivity contribution in [3.63, 3.8) is 0 Å². The molecule has 2 heterocycles. The Balaban J connectivity index is 1.97. The van der Waals surface area contributed by atoms with E-state index >= 15 is 0 Å². The standard InChI is InChI=1S/C13H15N3/c1-2-6-11-10(5-1)9-15-13(16-11)12-7-3-4-8-14-12/h1-2,5-6,9,12,14H,3-4,7-8H2. The predicted molar refractivity (Wildman–Crippen MR) is 64.1 cm³/mol. The fourth-order valence-corrected chi connectivity index (χ4v) is 2.23. The van der Waals surface area contributed by atoms with E-state index < -0.39 is 0 Å². The van der Waals surface area contributed by atoms with Crippen LogP contribution in [0.4, 0.5) is 0 Å². The smallest absolute Gasteiger partial charge is 0.145 e. The third-order valence-electron chi connectivity index (χ3n) is 3.13. The lowest BCUT2D eigenvalue weighted by molar-refractivity contribution is 0.398. The SMILES string of the molecule is c1ccc2nc(C3CCCCN3)ncc2c1. The zero-order chi connectivity index (χ0) is 10.8. The van der Waals surface area contributed by atoms with Gasteiger partial charge in [0, 0.05) is 11.6 Å². The molecule has 1 unspecified atom stereocenters. The van der Waals surface area contributed by atoms with Crippen molar-refractivity contribution in [3.8, 4) is 0 Å². The molecule has 82 valence electrons. The maximum Gasteiger partial charge on any atom is 0.145 e. The van der Waals surface area contributed by atoms with E-state index in [0.717, 1.165) is 29.7 Å². The van der Waals surface area contributed by atoms with Gasteiger partial charge >= 0.3 is 0 Å². The van der Waals surface area contributed by atoms with Gasteiger partial charge in [-0.2, -0.15) is 0 Å². The molecule has 16 heavy (non-hydrogen) atoms. The van der Waals surface area contributed by atoms with Crippen molar-refractivity contribution >= 4 is 10.9 Å². The van der Waals surface area contributed by atoms with Crippen LogP contribution in [-0.4, -0.2) is 16.5 Å². The van der Waals surface area contributed by atoms with Crippen LogP contribution < -0.4 is 5.32 Å². The highest BCUT2D eigenvalue weighted by Gasteiger charge is 2.17. The van der Waals surface area contributed by atoms with Crippen molar-refractivity contribution in [1.29, 1.82) is 0 Å². The second-order valence-electron chi connectivity index (χ2n) is 4.29. The monoisotopic (exact) mass is 213 g/mol. The van der Waals surface area contributed by atoms with Crippen molar-refractivity contribution in [2.75, 3.05) is 6.54 Å². The summed E-state index contributed by atoms with van der Waals surface area (Å²) in [5.41, 5.74) is 1.04. The van der Waals surface area contributed by atoms with Crippen LogP contribution in [0.2, 0.25) is 0 Å². The van der Waals surface area contributed by atoms with Gasteiger partial charge in [-0.1, -0.05) is 24.6 Å². The average molecular weight is 213 g/mol. The van der Waals surface area contributed by atoms with Gasteiger partial charge in [0.15, 0.2) is 0 Å². The van der Waals surface area contributed by atoms with E-state index in [1.54, 1.807) is 0 Å². The fraction of sp³-hybridized carbons (Fsp3) is 0.385. The number of nitrogens with one attached hydrogen (secondary N) is 1. The number of hydrogen-bond acceptors (Lipinski definition) is 3. The molecule has 1 saturated heterocycles. The minimum absolute atomic E-state index is 0.346. The van der Waals surface area contributed by atoms with Gasteiger partial charge in [0.1, 0.15) is 5.82 Å². The Kier molecular flexibility index (Phi) is 2.54. The molecule has 0 spiro atoms. The molecule has 0 amide bonds. The second-order valence-corrected chi connectivity index (χ2v) is 4.29. The minimum Gasteiger partial charge on any atom is -0.307 e. The van der Waals surface area contributed by atoms with Gasteiger partial charge in [0.05, 0.1) is 11.6 Å². The quantitative estimate of drug-likeness (QED) is 0.790. The highest BCUT2D eigenvalue weighted by molar-refractivity contribution is 5.77. The molecule has 0 saturated carbocycles. The Morgan fingerprint density at radius 2 is 2.12 bits per heavy atom. The highest BCUT2D eigenvalue weighted by atomic mass is 15.0. The summed E-state index contributed by atoms with van der Waals surface area (Å²) in [5.74, 6) is 0.943. The summed E-state index contributed by atoms with van der Waals surface area (Å²) >= 11 is 0. The van der Waals surface area contributed by atoms with Gasteiger partial charge in [-0.3, -0.25) is 0 Å². The van der Waals surface area contributed by atoms with E-state index in [4.69, 9.17) is 0 Å². The zero-order valence-electron chi connectivity index (χ0n) is 9.19.